The molecule has 0 amide bonds. The maximum absolute atomic E-state index is 8.91. The Labute approximate surface area is 115 Å². The minimum Gasteiger partial charge on any atom is -0.383 e. The van der Waals surface area contributed by atoms with E-state index in [1.807, 2.05) is 24.3 Å². The molecule has 0 spiro atoms. The Morgan fingerprint density at radius 1 is 1.47 bits per heavy atom. The molecule has 0 heterocycles. The van der Waals surface area contributed by atoms with Crippen molar-refractivity contribution in [3.8, 4) is 6.07 Å². The Bertz CT molecular complexity index is 414. The van der Waals surface area contributed by atoms with Crippen molar-refractivity contribution in [1.29, 1.82) is 5.26 Å². The van der Waals surface area contributed by atoms with Gasteiger partial charge >= 0.3 is 0 Å². The minimum atomic E-state index is 0.360. The molecule has 1 unspecified atom stereocenters. The Kier molecular flexibility index (Phi) is 7.12. The average Bonchev–Trinajstić information content (AvgIpc) is 2.43. The summed E-state index contributed by atoms with van der Waals surface area (Å²) >= 11 is 0. The van der Waals surface area contributed by atoms with E-state index in [9.17, 15) is 0 Å². The van der Waals surface area contributed by atoms with E-state index in [1.165, 1.54) is 0 Å². The second-order valence-corrected chi connectivity index (χ2v) is 4.77. The van der Waals surface area contributed by atoms with Gasteiger partial charge in [-0.1, -0.05) is 12.1 Å². The third kappa shape index (κ3) is 5.39. The lowest BCUT2D eigenvalue weighted by Gasteiger charge is -2.27. The van der Waals surface area contributed by atoms with E-state index in [-0.39, 0.29) is 0 Å². The van der Waals surface area contributed by atoms with Gasteiger partial charge in [-0.2, -0.15) is 5.26 Å². The van der Waals surface area contributed by atoms with Gasteiger partial charge in [-0.05, 0) is 44.1 Å². The molecule has 104 valence electrons. The number of nitrogens with two attached hydrogens (primary N) is 1. The van der Waals surface area contributed by atoms with E-state index >= 15 is 0 Å². The van der Waals surface area contributed by atoms with Crippen molar-refractivity contribution in [2.45, 2.75) is 25.4 Å². The van der Waals surface area contributed by atoms with Gasteiger partial charge < -0.3 is 10.5 Å². The molecule has 0 radical (unpaired) electrons. The predicted octanol–water partition coefficient (Wildman–Crippen LogP) is 1.74. The number of ether oxygens (including phenoxy) is 1. The van der Waals surface area contributed by atoms with Gasteiger partial charge in [0.25, 0.3) is 0 Å². The van der Waals surface area contributed by atoms with Crippen molar-refractivity contribution in [3.05, 3.63) is 35.4 Å². The molecule has 0 aliphatic heterocycles. The van der Waals surface area contributed by atoms with Crippen LogP contribution in [0.15, 0.2) is 24.3 Å². The molecule has 0 saturated heterocycles. The standard InChI is InChI=1S/C15H23N3O/c1-18(15(12-19-2)7-4-8-16)11-14-6-3-5-13(9-14)10-17/h3,5-6,9,15H,4,7-8,11-12,16H2,1-2H3. The third-order valence-electron chi connectivity index (χ3n) is 3.21. The van der Waals surface area contributed by atoms with E-state index in [0.29, 0.717) is 24.8 Å². The van der Waals surface area contributed by atoms with Crippen molar-refractivity contribution in [2.24, 2.45) is 5.73 Å². The first-order chi connectivity index (χ1) is 9.21. The Morgan fingerprint density at radius 2 is 2.26 bits per heavy atom. The molecule has 19 heavy (non-hydrogen) atoms. The Hall–Kier alpha value is -1.41. The van der Waals surface area contributed by atoms with Crippen LogP contribution in [0.25, 0.3) is 0 Å². The van der Waals surface area contributed by atoms with Gasteiger partial charge in [0.2, 0.25) is 0 Å². The van der Waals surface area contributed by atoms with Gasteiger partial charge in [0.15, 0.2) is 0 Å². The summed E-state index contributed by atoms with van der Waals surface area (Å²) in [5.74, 6) is 0. The summed E-state index contributed by atoms with van der Waals surface area (Å²) < 4.78 is 5.27. The number of methoxy groups -OCH3 is 1. The van der Waals surface area contributed by atoms with Crippen LogP contribution in [0.4, 0.5) is 0 Å². The molecule has 4 heteroatoms. The molecule has 0 bridgehead atoms. The van der Waals surface area contributed by atoms with Crippen molar-refractivity contribution < 1.29 is 4.74 Å². The van der Waals surface area contributed by atoms with Gasteiger partial charge in [0, 0.05) is 19.7 Å². The molecular weight excluding hydrogens is 238 g/mol. The number of likely N-dealkylation sites (N-methyl/N-ethyl adjacent to an activating group) is 1. The van der Waals surface area contributed by atoms with Gasteiger partial charge in [-0.15, -0.1) is 0 Å². The van der Waals surface area contributed by atoms with E-state index in [2.05, 4.69) is 18.0 Å². The molecule has 0 saturated carbocycles. The van der Waals surface area contributed by atoms with Crippen LogP contribution >= 0.6 is 0 Å². The number of hydrogen-bond acceptors (Lipinski definition) is 4. The monoisotopic (exact) mass is 261 g/mol. The molecule has 1 aromatic carbocycles. The predicted molar refractivity (Wildman–Crippen MR) is 76.6 cm³/mol. The van der Waals surface area contributed by atoms with Gasteiger partial charge in [0.05, 0.1) is 18.2 Å². The van der Waals surface area contributed by atoms with E-state index in [1.54, 1.807) is 7.11 Å². The molecule has 0 aromatic heterocycles. The fourth-order valence-electron chi connectivity index (χ4n) is 2.13. The van der Waals surface area contributed by atoms with Crippen LogP contribution in [0, 0.1) is 11.3 Å². The fraction of sp³-hybridized carbons (Fsp3) is 0.533. The molecule has 1 atom stereocenters. The lowest BCUT2D eigenvalue weighted by molar-refractivity contribution is 0.0962. The largest absolute Gasteiger partial charge is 0.383 e. The second-order valence-electron chi connectivity index (χ2n) is 4.77. The quantitative estimate of drug-likeness (QED) is 0.774. The summed E-state index contributed by atoms with van der Waals surface area (Å²) in [7, 11) is 3.80. The summed E-state index contributed by atoms with van der Waals surface area (Å²) in [6.07, 6.45) is 2.02. The fourth-order valence-corrected chi connectivity index (χ4v) is 2.13. The van der Waals surface area contributed by atoms with Crippen LogP contribution in [-0.2, 0) is 11.3 Å². The van der Waals surface area contributed by atoms with Crippen molar-refractivity contribution in [2.75, 3.05) is 27.3 Å². The van der Waals surface area contributed by atoms with Crippen LogP contribution < -0.4 is 5.73 Å². The lowest BCUT2D eigenvalue weighted by atomic mass is 10.1. The maximum Gasteiger partial charge on any atom is 0.0991 e. The van der Waals surface area contributed by atoms with Gasteiger partial charge in [0.1, 0.15) is 0 Å². The summed E-state index contributed by atoms with van der Waals surface area (Å²) in [4.78, 5) is 2.26. The first kappa shape index (κ1) is 15.6. The number of nitrogens with zero attached hydrogens (tertiary/aromatic N) is 2. The molecule has 1 aromatic rings. The topological polar surface area (TPSA) is 62.3 Å². The summed E-state index contributed by atoms with van der Waals surface area (Å²) in [6.45, 7) is 2.22. The third-order valence-corrected chi connectivity index (χ3v) is 3.21. The number of benzene rings is 1. The summed E-state index contributed by atoms with van der Waals surface area (Å²) in [5.41, 5.74) is 7.42. The molecule has 1 rings (SSSR count). The highest BCUT2D eigenvalue weighted by Gasteiger charge is 2.14. The molecule has 0 aliphatic carbocycles. The molecule has 0 aliphatic rings. The number of nitriles is 1. The van der Waals surface area contributed by atoms with Crippen molar-refractivity contribution >= 4 is 0 Å². The molecule has 2 N–H and O–H groups in total. The zero-order chi connectivity index (χ0) is 14.1. The summed E-state index contributed by atoms with van der Waals surface area (Å²) in [6, 6.07) is 10.3. The highest BCUT2D eigenvalue weighted by molar-refractivity contribution is 5.32. The normalized spacial score (nSPS) is 12.4. The lowest BCUT2D eigenvalue weighted by Crippen LogP contribution is -2.35. The van der Waals surface area contributed by atoms with Gasteiger partial charge in [-0.3, -0.25) is 4.90 Å². The van der Waals surface area contributed by atoms with Crippen LogP contribution in [-0.4, -0.2) is 38.3 Å². The first-order valence-corrected chi connectivity index (χ1v) is 6.59. The first-order valence-electron chi connectivity index (χ1n) is 6.59. The summed E-state index contributed by atoms with van der Waals surface area (Å²) in [5, 5.41) is 8.91. The van der Waals surface area contributed by atoms with Crippen molar-refractivity contribution in [3.63, 3.8) is 0 Å². The van der Waals surface area contributed by atoms with Crippen LogP contribution in [0.1, 0.15) is 24.0 Å². The second kappa shape index (κ2) is 8.65. The Balaban J connectivity index is 2.63. The zero-order valence-corrected chi connectivity index (χ0v) is 11.8. The number of rotatable bonds is 8. The molecule has 4 nitrogen and oxygen atoms in total. The Morgan fingerprint density at radius 3 is 2.89 bits per heavy atom. The number of hydrogen-bond donors (Lipinski definition) is 1. The van der Waals surface area contributed by atoms with E-state index in [4.69, 9.17) is 15.7 Å². The highest BCUT2D eigenvalue weighted by Crippen LogP contribution is 2.12. The maximum atomic E-state index is 8.91. The van der Waals surface area contributed by atoms with Crippen molar-refractivity contribution in [1.82, 2.24) is 4.90 Å². The van der Waals surface area contributed by atoms with Crippen LogP contribution in [0.5, 0.6) is 0 Å². The average molecular weight is 261 g/mol. The van der Waals surface area contributed by atoms with E-state index < -0.39 is 0 Å². The molecular formula is C15H23N3O. The van der Waals surface area contributed by atoms with Crippen LogP contribution in [0.2, 0.25) is 0 Å². The SMILES string of the molecule is COCC(CCCN)N(C)Cc1cccc(C#N)c1. The zero-order valence-electron chi connectivity index (χ0n) is 11.8. The highest BCUT2D eigenvalue weighted by atomic mass is 16.5. The smallest absolute Gasteiger partial charge is 0.0991 e. The molecule has 0 fully saturated rings. The van der Waals surface area contributed by atoms with Crippen LogP contribution in [0.3, 0.4) is 0 Å². The van der Waals surface area contributed by atoms with E-state index in [0.717, 1.165) is 24.9 Å². The minimum absolute atomic E-state index is 0.360. The van der Waals surface area contributed by atoms with Gasteiger partial charge in [-0.25, -0.2) is 0 Å².